The number of hydrogen-bond acceptors (Lipinski definition) is 9. The van der Waals surface area contributed by atoms with Gasteiger partial charge < -0.3 is 20.3 Å². The molecule has 8 rings (SSSR count). The van der Waals surface area contributed by atoms with E-state index >= 15 is 4.39 Å². The van der Waals surface area contributed by atoms with Gasteiger partial charge in [0.1, 0.15) is 41.0 Å². The Labute approximate surface area is 317 Å². The Kier molecular flexibility index (Phi) is 9.04. The highest BCUT2D eigenvalue weighted by Gasteiger charge is 2.66. The van der Waals surface area contributed by atoms with E-state index in [4.69, 9.17) is 22.1 Å². The number of anilines is 2. The number of carbonyl (C=O) groups is 1. The van der Waals surface area contributed by atoms with Crippen LogP contribution < -0.4 is 15.4 Å². The summed E-state index contributed by atoms with van der Waals surface area (Å²) in [6.07, 6.45) is -3.91. The lowest BCUT2D eigenvalue weighted by Crippen LogP contribution is -2.66. The molecule has 0 aliphatic carbocycles. The number of alkyl halides is 6. The van der Waals surface area contributed by atoms with Crippen molar-refractivity contribution in [2.45, 2.75) is 62.3 Å². The molecule has 6 heterocycles. The molecule has 0 unspecified atom stereocenters. The lowest BCUT2D eigenvalue weighted by Gasteiger charge is -2.52. The zero-order valence-electron chi connectivity index (χ0n) is 28.9. The van der Waals surface area contributed by atoms with E-state index in [0.29, 0.717) is 43.7 Å². The molecule has 0 bridgehead atoms. The zero-order valence-corrected chi connectivity index (χ0v) is 30.5. The van der Waals surface area contributed by atoms with Crippen LogP contribution in [-0.2, 0) is 4.79 Å². The maximum atomic E-state index is 17.2. The molecule has 9 nitrogen and oxygen atoms in total. The molecular weight excluding hydrogens is 782 g/mol. The number of nitriles is 1. The smallest absolute Gasteiger partial charge is 0.461 e. The van der Waals surface area contributed by atoms with Gasteiger partial charge >= 0.3 is 24.0 Å². The summed E-state index contributed by atoms with van der Waals surface area (Å²) in [4.78, 5) is 25.7. The third kappa shape index (κ3) is 6.08. The average molecular weight is 814 g/mol. The van der Waals surface area contributed by atoms with Crippen LogP contribution in [0, 0.1) is 28.4 Å². The van der Waals surface area contributed by atoms with Crippen LogP contribution in [0.5, 0.6) is 6.01 Å². The highest BCUT2D eigenvalue weighted by atomic mass is 35.5. The molecule has 2 aromatic carbocycles. The lowest BCUT2D eigenvalue weighted by molar-refractivity contribution is -0.277. The van der Waals surface area contributed by atoms with E-state index in [2.05, 4.69) is 9.97 Å². The van der Waals surface area contributed by atoms with Crippen molar-refractivity contribution in [1.29, 1.82) is 5.26 Å². The van der Waals surface area contributed by atoms with E-state index in [-0.39, 0.29) is 98.7 Å². The van der Waals surface area contributed by atoms with Gasteiger partial charge in [0, 0.05) is 60.9 Å². The van der Waals surface area contributed by atoms with Gasteiger partial charge in [-0.2, -0.15) is 37.2 Å². The highest BCUT2D eigenvalue weighted by Crippen LogP contribution is 2.48. The monoisotopic (exact) mass is 813 g/mol. The van der Waals surface area contributed by atoms with Gasteiger partial charge in [-0.1, -0.05) is 24.1 Å². The molecule has 4 aliphatic rings. The predicted molar refractivity (Wildman–Crippen MR) is 189 cm³/mol. The Morgan fingerprint density at radius 3 is 2.58 bits per heavy atom. The highest BCUT2D eigenvalue weighted by molar-refractivity contribution is 7.23. The summed E-state index contributed by atoms with van der Waals surface area (Å²) in [5.74, 6) is -9.37. The van der Waals surface area contributed by atoms with E-state index < -0.39 is 46.8 Å². The second-order valence-corrected chi connectivity index (χ2v) is 16.5. The third-order valence-corrected chi connectivity index (χ3v) is 12.8. The van der Waals surface area contributed by atoms with Crippen molar-refractivity contribution in [3.63, 3.8) is 0 Å². The second kappa shape index (κ2) is 13.2. The number of benzene rings is 2. The van der Waals surface area contributed by atoms with E-state index in [1.807, 2.05) is 11.0 Å². The number of likely N-dealkylation sites (tertiary alicyclic amines) is 1. The lowest BCUT2D eigenvalue weighted by atomic mass is 9.75. The topological polar surface area (TPSA) is 112 Å². The fourth-order valence-corrected chi connectivity index (χ4v) is 10.1. The number of thiophene rings is 1. The number of hydrogen-bond donors (Lipinski definition) is 1. The maximum Gasteiger partial charge on any atom is 0.463 e. The Morgan fingerprint density at radius 1 is 1.09 bits per heavy atom. The normalized spacial score (nSPS) is 22.9. The number of nitrogens with zero attached hydrogens (tertiary/aromatic N) is 6. The minimum Gasteiger partial charge on any atom is -0.461 e. The van der Waals surface area contributed by atoms with Crippen molar-refractivity contribution in [2.75, 3.05) is 56.5 Å². The summed E-state index contributed by atoms with van der Waals surface area (Å²) in [5, 5.41) is 9.94. The number of amides is 1. The predicted octanol–water partition coefficient (Wildman–Crippen LogP) is 7.87. The van der Waals surface area contributed by atoms with Crippen LogP contribution in [0.4, 0.5) is 45.9 Å². The Balaban J connectivity index is 1.22. The molecule has 1 amide bonds. The first-order valence-electron chi connectivity index (χ1n) is 17.6. The third-order valence-electron chi connectivity index (χ3n) is 11.4. The van der Waals surface area contributed by atoms with Crippen LogP contribution in [0.3, 0.4) is 0 Å². The molecule has 292 valence electrons. The molecule has 4 fully saturated rings. The Bertz CT molecular complexity index is 2280. The SMILES string of the molecule is N#Cc1c(N)sc2c(F)ccc(-c3c(Cl)cc4c(N5CCCCC6(CN(C(=O)C(F)(F)C(F)(F)F)C6)C5)nc(OC[C@@]56CCCN5C[C@H](F)C6)nc4c3F)c12. The van der Waals surface area contributed by atoms with Crippen molar-refractivity contribution >= 4 is 60.7 Å². The van der Waals surface area contributed by atoms with Crippen LogP contribution in [0.2, 0.25) is 5.02 Å². The van der Waals surface area contributed by atoms with Crippen LogP contribution in [0.1, 0.15) is 44.1 Å². The number of ether oxygens (including phenoxy) is 1. The van der Waals surface area contributed by atoms with Gasteiger partial charge in [-0.15, -0.1) is 11.3 Å². The molecule has 0 radical (unpaired) electrons. The largest absolute Gasteiger partial charge is 0.463 e. The van der Waals surface area contributed by atoms with E-state index in [1.54, 1.807) is 4.90 Å². The number of nitrogen functional groups attached to an aromatic ring is 1. The fourth-order valence-electron chi connectivity index (χ4n) is 8.90. The average Bonchev–Trinajstić information content (AvgIpc) is 3.69. The molecule has 2 N–H and O–H groups in total. The van der Waals surface area contributed by atoms with Gasteiger partial charge in [0.15, 0.2) is 5.82 Å². The number of halogens is 9. The maximum absolute atomic E-state index is 17.2. The van der Waals surface area contributed by atoms with E-state index in [0.717, 1.165) is 23.8 Å². The number of rotatable bonds is 6. The van der Waals surface area contributed by atoms with Gasteiger partial charge in [-0.05, 0) is 49.9 Å². The van der Waals surface area contributed by atoms with Gasteiger partial charge in [0.05, 0.1) is 20.8 Å². The molecule has 4 aliphatic heterocycles. The first kappa shape index (κ1) is 37.7. The molecule has 55 heavy (non-hydrogen) atoms. The fraction of sp³-hybridized carbons (Fsp3) is 0.500. The quantitative estimate of drug-likeness (QED) is 0.196. The molecule has 2 aromatic heterocycles. The standard InChI is InChI=1S/C36H32ClF8N7O2S/c37-22-10-20-27(26(40)25(22)19-4-5-23(39)28-24(19)21(12-46)29(47)55-28)48-32(54-17-34-7-3-9-52(34)13-18(38)11-34)49-30(20)50-8-2-1-6-33(14-50)15-51(16-33)31(53)35(41,42)36(43,44)45/h4-5,10,18H,1-3,6-9,11,13-17,47H2/t18-,34+/m1/s1. The second-order valence-electron chi connectivity index (χ2n) is 15.0. The van der Waals surface area contributed by atoms with Crippen LogP contribution in [0.15, 0.2) is 18.2 Å². The summed E-state index contributed by atoms with van der Waals surface area (Å²) in [6, 6.07) is 5.50. The van der Waals surface area contributed by atoms with Gasteiger partial charge in [0.25, 0.3) is 0 Å². The van der Waals surface area contributed by atoms with E-state index in [1.165, 1.54) is 12.1 Å². The van der Waals surface area contributed by atoms with Crippen molar-refractivity contribution in [1.82, 2.24) is 19.8 Å². The summed E-state index contributed by atoms with van der Waals surface area (Å²) < 4.78 is 120. The van der Waals surface area contributed by atoms with Crippen LogP contribution in [0.25, 0.3) is 32.1 Å². The van der Waals surface area contributed by atoms with Crippen molar-refractivity contribution in [2.24, 2.45) is 5.41 Å². The summed E-state index contributed by atoms with van der Waals surface area (Å²) in [7, 11) is 0. The molecule has 2 atom stereocenters. The first-order valence-corrected chi connectivity index (χ1v) is 18.8. The van der Waals surface area contributed by atoms with Gasteiger partial charge in [0.2, 0.25) is 0 Å². The Hall–Kier alpha value is -4.21. The number of nitrogens with two attached hydrogens (primary N) is 1. The zero-order chi connectivity index (χ0) is 39.2. The summed E-state index contributed by atoms with van der Waals surface area (Å²) >= 11 is 7.65. The number of carbonyl (C=O) groups excluding carboxylic acids is 1. The molecule has 0 saturated carbocycles. The van der Waals surface area contributed by atoms with Gasteiger partial charge in [-0.25, -0.2) is 13.2 Å². The summed E-state index contributed by atoms with van der Waals surface area (Å²) in [5.41, 5.74) is 4.09. The van der Waals surface area contributed by atoms with Crippen LogP contribution in [-0.4, -0.2) is 95.4 Å². The van der Waals surface area contributed by atoms with Gasteiger partial charge in [-0.3, -0.25) is 9.69 Å². The number of aromatic nitrogens is 2. The minimum atomic E-state index is -6.05. The van der Waals surface area contributed by atoms with Crippen molar-refractivity contribution < 1.29 is 44.7 Å². The molecule has 19 heteroatoms. The summed E-state index contributed by atoms with van der Waals surface area (Å²) in [6.45, 7) is 0.548. The molecule has 4 aromatic rings. The number of fused-ring (bicyclic) bond motifs is 3. The minimum absolute atomic E-state index is 0.00679. The van der Waals surface area contributed by atoms with Crippen LogP contribution >= 0.6 is 22.9 Å². The molecule has 4 saturated heterocycles. The first-order chi connectivity index (χ1) is 26.0. The Morgan fingerprint density at radius 2 is 1.85 bits per heavy atom. The molecule has 1 spiro atoms. The molecular formula is C36H32ClF8N7O2S. The van der Waals surface area contributed by atoms with E-state index in [9.17, 15) is 40.8 Å². The van der Waals surface area contributed by atoms with Crippen molar-refractivity contribution in [3.05, 3.63) is 40.4 Å². The van der Waals surface area contributed by atoms with Crippen molar-refractivity contribution in [3.8, 4) is 23.2 Å².